The van der Waals surface area contributed by atoms with Crippen molar-refractivity contribution in [1.82, 2.24) is 10.2 Å². The number of carbonyl (C=O) groups excluding carboxylic acids is 3. The van der Waals surface area contributed by atoms with Crippen molar-refractivity contribution in [3.05, 3.63) is 11.0 Å². The number of thioether (sulfide) groups is 1. The first-order chi connectivity index (χ1) is 10.6. The Balaban J connectivity index is 0.00000116. The number of hydrogen-bond acceptors (Lipinski definition) is 4. The van der Waals surface area contributed by atoms with Crippen LogP contribution in [0.5, 0.6) is 0 Å². The van der Waals surface area contributed by atoms with Crippen LogP contribution >= 0.6 is 11.8 Å². The smallest absolute Gasteiger partial charge is 0.267 e. The van der Waals surface area contributed by atoms with Gasteiger partial charge in [0, 0.05) is 25.6 Å². The van der Waals surface area contributed by atoms with Gasteiger partial charge in [-0.3, -0.25) is 19.3 Å². The van der Waals surface area contributed by atoms with Gasteiger partial charge in [0.25, 0.3) is 11.8 Å². The van der Waals surface area contributed by atoms with Gasteiger partial charge < -0.3 is 5.32 Å². The average molecular weight is 326 g/mol. The van der Waals surface area contributed by atoms with Crippen molar-refractivity contribution >= 4 is 29.5 Å². The van der Waals surface area contributed by atoms with Gasteiger partial charge >= 0.3 is 0 Å². The van der Waals surface area contributed by atoms with Crippen LogP contribution in [0.15, 0.2) is 11.0 Å². The van der Waals surface area contributed by atoms with Crippen LogP contribution in [0, 0.1) is 11.8 Å². The van der Waals surface area contributed by atoms with E-state index >= 15 is 0 Å². The molecule has 0 radical (unpaired) electrons. The van der Waals surface area contributed by atoms with Crippen molar-refractivity contribution in [1.29, 1.82) is 0 Å². The Morgan fingerprint density at radius 1 is 1.27 bits per heavy atom. The number of hydrogen-bond donors (Lipinski definition) is 1. The molecule has 1 aliphatic carbocycles. The van der Waals surface area contributed by atoms with E-state index in [-0.39, 0.29) is 23.6 Å². The summed E-state index contributed by atoms with van der Waals surface area (Å²) in [6.07, 6.45) is 6.68. The molecule has 124 valence electrons. The Hall–Kier alpha value is -1.30. The molecule has 0 atom stereocenters. The van der Waals surface area contributed by atoms with Crippen LogP contribution < -0.4 is 5.32 Å². The predicted octanol–water partition coefficient (Wildman–Crippen LogP) is 2.18. The summed E-state index contributed by atoms with van der Waals surface area (Å²) < 4.78 is 0. The number of nitrogens with one attached hydrogen (secondary N) is 1. The van der Waals surface area contributed by atoms with Gasteiger partial charge in [-0.25, -0.2) is 0 Å². The first-order valence-electron chi connectivity index (χ1n) is 7.90. The lowest BCUT2D eigenvalue weighted by atomic mass is 9.81. The first kappa shape index (κ1) is 18.7. The van der Waals surface area contributed by atoms with Gasteiger partial charge in [-0.05, 0) is 37.9 Å². The van der Waals surface area contributed by atoms with Crippen molar-refractivity contribution in [2.75, 3.05) is 19.8 Å². The van der Waals surface area contributed by atoms with Gasteiger partial charge in [-0.2, -0.15) is 0 Å². The van der Waals surface area contributed by atoms with Crippen LogP contribution in [-0.4, -0.2) is 42.5 Å². The molecule has 5 nitrogen and oxygen atoms in total. The van der Waals surface area contributed by atoms with Crippen LogP contribution in [0.3, 0.4) is 0 Å². The number of amides is 3. The van der Waals surface area contributed by atoms with E-state index in [2.05, 4.69) is 5.32 Å². The summed E-state index contributed by atoms with van der Waals surface area (Å²) in [5, 5.41) is 2.68. The maximum Gasteiger partial charge on any atom is 0.267 e. The average Bonchev–Trinajstić information content (AvgIpc) is 2.84. The third kappa shape index (κ3) is 4.35. The summed E-state index contributed by atoms with van der Waals surface area (Å²) in [5.74, 6) is 0.131. The van der Waals surface area contributed by atoms with Crippen molar-refractivity contribution < 1.29 is 14.4 Å². The van der Waals surface area contributed by atoms with Gasteiger partial charge in [0.05, 0.1) is 4.91 Å². The Morgan fingerprint density at radius 3 is 2.32 bits per heavy atom. The SMILES string of the molecule is CC.CNC(=O)C1CCC(CN2C(=O)C=C(SC)C2=O)CC1. The Kier molecular flexibility index (Phi) is 7.65. The Labute approximate surface area is 136 Å². The molecule has 0 saturated heterocycles. The molecule has 2 aliphatic rings. The summed E-state index contributed by atoms with van der Waals surface area (Å²) in [4.78, 5) is 37.2. The third-order valence-corrected chi connectivity index (χ3v) is 4.83. The maximum absolute atomic E-state index is 12.0. The van der Waals surface area contributed by atoms with Crippen molar-refractivity contribution in [3.8, 4) is 0 Å². The zero-order chi connectivity index (χ0) is 16.7. The number of imide groups is 1. The van der Waals surface area contributed by atoms with Gasteiger partial charge in [0.15, 0.2) is 0 Å². The highest BCUT2D eigenvalue weighted by molar-refractivity contribution is 8.03. The van der Waals surface area contributed by atoms with E-state index < -0.39 is 0 Å². The molecule has 1 heterocycles. The first-order valence-corrected chi connectivity index (χ1v) is 9.12. The molecule has 1 aliphatic heterocycles. The van der Waals surface area contributed by atoms with Crippen LogP contribution in [0.4, 0.5) is 0 Å². The lowest BCUT2D eigenvalue weighted by molar-refractivity contribution is -0.138. The lowest BCUT2D eigenvalue weighted by Crippen LogP contribution is -2.38. The van der Waals surface area contributed by atoms with Crippen molar-refractivity contribution in [3.63, 3.8) is 0 Å². The highest BCUT2D eigenvalue weighted by atomic mass is 32.2. The minimum Gasteiger partial charge on any atom is -0.359 e. The van der Waals surface area contributed by atoms with Crippen LogP contribution in [0.25, 0.3) is 0 Å². The van der Waals surface area contributed by atoms with Crippen LogP contribution in [0.1, 0.15) is 39.5 Å². The molecule has 0 aromatic carbocycles. The van der Waals surface area contributed by atoms with Crippen molar-refractivity contribution in [2.24, 2.45) is 11.8 Å². The second-order valence-corrected chi connectivity index (χ2v) is 6.15. The van der Waals surface area contributed by atoms with E-state index in [9.17, 15) is 14.4 Å². The van der Waals surface area contributed by atoms with E-state index in [1.54, 1.807) is 13.3 Å². The molecule has 1 N–H and O–H groups in total. The number of nitrogens with zero attached hydrogens (tertiary/aromatic N) is 1. The largest absolute Gasteiger partial charge is 0.359 e. The predicted molar refractivity (Wildman–Crippen MR) is 89.2 cm³/mol. The van der Waals surface area contributed by atoms with Gasteiger partial charge in [-0.1, -0.05) is 13.8 Å². The normalized spacial score (nSPS) is 24.5. The second-order valence-electron chi connectivity index (χ2n) is 5.30. The van der Waals surface area contributed by atoms with Crippen LogP contribution in [-0.2, 0) is 14.4 Å². The highest BCUT2D eigenvalue weighted by Crippen LogP contribution is 2.31. The molecule has 0 aromatic heterocycles. The van der Waals surface area contributed by atoms with E-state index in [4.69, 9.17) is 0 Å². The lowest BCUT2D eigenvalue weighted by Gasteiger charge is -2.29. The molecule has 1 saturated carbocycles. The van der Waals surface area contributed by atoms with E-state index in [1.165, 1.54) is 22.7 Å². The van der Waals surface area contributed by atoms with Gasteiger partial charge in [0.1, 0.15) is 0 Å². The number of carbonyl (C=O) groups is 3. The molecule has 0 bridgehead atoms. The molecule has 2 rings (SSSR count). The maximum atomic E-state index is 12.0. The quantitative estimate of drug-likeness (QED) is 0.804. The molecule has 0 aromatic rings. The molecular weight excluding hydrogens is 300 g/mol. The fourth-order valence-electron chi connectivity index (χ4n) is 2.87. The Bertz CT molecular complexity index is 454. The molecular formula is C16H26N2O3S. The molecule has 22 heavy (non-hydrogen) atoms. The fourth-order valence-corrected chi connectivity index (χ4v) is 3.38. The molecule has 3 amide bonds. The topological polar surface area (TPSA) is 66.5 Å². The van der Waals surface area contributed by atoms with E-state index in [0.717, 1.165) is 25.7 Å². The summed E-state index contributed by atoms with van der Waals surface area (Å²) in [7, 11) is 1.66. The highest BCUT2D eigenvalue weighted by Gasteiger charge is 2.34. The van der Waals surface area contributed by atoms with Gasteiger partial charge in [-0.15, -0.1) is 11.8 Å². The molecule has 6 heteroatoms. The standard InChI is InChI=1S/C14H20N2O3S.C2H6/c1-15-13(18)10-5-3-9(4-6-10)8-16-12(17)7-11(20-2)14(16)19;1-2/h7,9-10H,3-6,8H2,1-2H3,(H,15,18);1-2H3. The minimum absolute atomic E-state index is 0.0844. The molecule has 1 fully saturated rings. The zero-order valence-electron chi connectivity index (χ0n) is 13.8. The minimum atomic E-state index is -0.201. The Morgan fingerprint density at radius 2 is 1.86 bits per heavy atom. The summed E-state index contributed by atoms with van der Waals surface area (Å²) >= 11 is 1.31. The molecule has 0 unspecified atom stereocenters. The summed E-state index contributed by atoms with van der Waals surface area (Å²) in [6.45, 7) is 4.48. The van der Waals surface area contributed by atoms with Crippen molar-refractivity contribution in [2.45, 2.75) is 39.5 Å². The second kappa shape index (κ2) is 8.98. The van der Waals surface area contributed by atoms with Gasteiger partial charge in [0.2, 0.25) is 5.91 Å². The summed E-state index contributed by atoms with van der Waals surface area (Å²) in [5.41, 5.74) is 0. The number of rotatable bonds is 4. The molecule has 0 spiro atoms. The fraction of sp³-hybridized carbons (Fsp3) is 0.688. The van der Waals surface area contributed by atoms with E-state index in [0.29, 0.717) is 17.4 Å². The summed E-state index contributed by atoms with van der Waals surface area (Å²) in [6, 6.07) is 0. The monoisotopic (exact) mass is 326 g/mol. The third-order valence-electron chi connectivity index (χ3n) is 4.10. The zero-order valence-corrected chi connectivity index (χ0v) is 14.7. The van der Waals surface area contributed by atoms with E-state index in [1.807, 2.05) is 13.8 Å². The van der Waals surface area contributed by atoms with Crippen LogP contribution in [0.2, 0.25) is 0 Å².